The third kappa shape index (κ3) is 3.48. The van der Waals surface area contributed by atoms with Crippen LogP contribution in [0.25, 0.3) is 22.2 Å². The number of nitrogens with two attached hydrogens (primary N) is 1. The Hall–Kier alpha value is -2.31. The average molecular weight is 371 g/mol. The molecule has 26 heavy (non-hydrogen) atoms. The van der Waals surface area contributed by atoms with Crippen LogP contribution < -0.4 is 10.5 Å². The highest BCUT2D eigenvalue weighted by Gasteiger charge is 2.18. The molecule has 0 fully saturated rings. The third-order valence-electron chi connectivity index (χ3n) is 4.36. The lowest BCUT2D eigenvalue weighted by molar-refractivity contribution is 0.399. The highest BCUT2D eigenvalue weighted by atomic mass is 32.2. The average Bonchev–Trinajstić information content (AvgIpc) is 2.93. The Labute approximate surface area is 156 Å². The monoisotopic (exact) mass is 371 g/mol. The molecule has 3 aromatic rings. The highest BCUT2D eigenvalue weighted by molar-refractivity contribution is 7.98. The maximum absolute atomic E-state index is 14.2. The third-order valence-corrected chi connectivity index (χ3v) is 5.08. The van der Waals surface area contributed by atoms with Gasteiger partial charge in [0.25, 0.3) is 0 Å². The van der Waals surface area contributed by atoms with Gasteiger partial charge in [0.2, 0.25) is 5.88 Å². The van der Waals surface area contributed by atoms with Crippen LogP contribution in [0.1, 0.15) is 5.69 Å². The van der Waals surface area contributed by atoms with Crippen molar-refractivity contribution in [3.8, 4) is 17.0 Å². The van der Waals surface area contributed by atoms with Crippen LogP contribution in [0.5, 0.6) is 5.88 Å². The molecule has 2 N–H and O–H groups in total. The Bertz CT molecular complexity index is 965. The molecule has 1 aromatic carbocycles. The Morgan fingerprint density at radius 1 is 1.35 bits per heavy atom. The molecule has 2 heterocycles. The smallest absolute Gasteiger partial charge is 0.213 e. The highest BCUT2D eigenvalue weighted by Crippen LogP contribution is 2.36. The number of hydrogen-bond donors (Lipinski definition) is 1. The quantitative estimate of drug-likeness (QED) is 0.646. The van der Waals surface area contributed by atoms with Crippen molar-refractivity contribution in [2.75, 3.05) is 19.9 Å². The summed E-state index contributed by atoms with van der Waals surface area (Å²) in [5.41, 5.74) is 10.1. The zero-order valence-electron chi connectivity index (χ0n) is 15.1. The number of pyridine rings is 1. The first-order valence-corrected chi connectivity index (χ1v) is 9.54. The molecule has 0 radical (unpaired) electrons. The molecule has 0 amide bonds. The van der Waals surface area contributed by atoms with E-state index < -0.39 is 0 Å². The molecule has 136 valence electrons. The summed E-state index contributed by atoms with van der Waals surface area (Å²) in [5.74, 6) is 0.280. The molecule has 0 saturated heterocycles. The van der Waals surface area contributed by atoms with E-state index in [-0.39, 0.29) is 18.9 Å². The largest absolute Gasteiger partial charge is 0.481 e. The maximum Gasteiger partial charge on any atom is 0.213 e. The van der Waals surface area contributed by atoms with Crippen LogP contribution in [0.4, 0.5) is 4.39 Å². The summed E-state index contributed by atoms with van der Waals surface area (Å²) in [5, 5.41) is 0. The number of methoxy groups -OCH3 is 1. The van der Waals surface area contributed by atoms with Crippen molar-refractivity contribution in [1.82, 2.24) is 9.55 Å². The van der Waals surface area contributed by atoms with Gasteiger partial charge in [0.1, 0.15) is 11.3 Å². The van der Waals surface area contributed by atoms with Gasteiger partial charge in [-0.05, 0) is 43.0 Å². The van der Waals surface area contributed by atoms with E-state index >= 15 is 0 Å². The summed E-state index contributed by atoms with van der Waals surface area (Å²) in [4.78, 5) is 5.81. The van der Waals surface area contributed by atoms with Crippen molar-refractivity contribution in [3.05, 3.63) is 54.0 Å². The number of rotatable bonds is 6. The van der Waals surface area contributed by atoms with Crippen molar-refractivity contribution in [2.24, 2.45) is 5.73 Å². The second-order valence-corrected chi connectivity index (χ2v) is 6.77. The number of hydrogen-bond acceptors (Lipinski definition) is 4. The lowest BCUT2D eigenvalue weighted by Gasteiger charge is -2.08. The normalized spacial score (nSPS) is 12.0. The van der Waals surface area contributed by atoms with Gasteiger partial charge in [0.05, 0.1) is 19.2 Å². The van der Waals surface area contributed by atoms with Gasteiger partial charge in [-0.25, -0.2) is 9.37 Å². The van der Waals surface area contributed by atoms with Crippen LogP contribution in [-0.4, -0.2) is 29.5 Å². The fraction of sp³-hybridized carbons (Fsp3) is 0.250. The summed E-state index contributed by atoms with van der Waals surface area (Å²) in [6, 6.07) is 12.0. The van der Waals surface area contributed by atoms with Crippen molar-refractivity contribution in [3.63, 3.8) is 0 Å². The molecule has 0 aliphatic heterocycles. The lowest BCUT2D eigenvalue weighted by Crippen LogP contribution is -2.03. The van der Waals surface area contributed by atoms with E-state index in [1.165, 1.54) is 11.0 Å². The van der Waals surface area contributed by atoms with E-state index in [4.69, 9.17) is 10.5 Å². The Balaban J connectivity index is 2.26. The number of halogens is 1. The van der Waals surface area contributed by atoms with Crippen LogP contribution in [0.3, 0.4) is 0 Å². The van der Waals surface area contributed by atoms with E-state index in [0.717, 1.165) is 27.9 Å². The van der Waals surface area contributed by atoms with E-state index in [1.54, 1.807) is 24.9 Å². The molecule has 0 aliphatic rings. The first-order chi connectivity index (χ1) is 12.6. The van der Waals surface area contributed by atoms with Crippen LogP contribution in [0.15, 0.2) is 53.2 Å². The molecule has 0 saturated carbocycles. The number of benzene rings is 1. The maximum atomic E-state index is 14.2. The van der Waals surface area contributed by atoms with Crippen molar-refractivity contribution >= 4 is 22.8 Å². The van der Waals surface area contributed by atoms with Gasteiger partial charge in [-0.3, -0.25) is 0 Å². The SMILES string of the molecule is COc1ccc2c(n1)c(-c1cccc(SC)c1)c(C)n2C/C(F)=C/CN. The van der Waals surface area contributed by atoms with Gasteiger partial charge >= 0.3 is 0 Å². The Morgan fingerprint density at radius 3 is 2.85 bits per heavy atom. The zero-order valence-corrected chi connectivity index (χ0v) is 15.9. The second-order valence-electron chi connectivity index (χ2n) is 5.89. The van der Waals surface area contributed by atoms with Crippen molar-refractivity contribution < 1.29 is 9.13 Å². The van der Waals surface area contributed by atoms with E-state index in [1.807, 2.05) is 29.9 Å². The van der Waals surface area contributed by atoms with Gasteiger partial charge < -0.3 is 15.0 Å². The minimum Gasteiger partial charge on any atom is -0.481 e. The minimum atomic E-state index is -0.257. The second kappa shape index (κ2) is 7.93. The zero-order chi connectivity index (χ0) is 18.7. The van der Waals surface area contributed by atoms with Crippen LogP contribution in [0.2, 0.25) is 0 Å². The number of ether oxygens (including phenoxy) is 1. The predicted octanol–water partition coefficient (Wildman–Crippen LogP) is 4.55. The first kappa shape index (κ1) is 18.5. The van der Waals surface area contributed by atoms with Crippen LogP contribution >= 0.6 is 11.8 Å². The number of allylic oxidation sites excluding steroid dienone is 1. The fourth-order valence-corrected chi connectivity index (χ4v) is 3.57. The predicted molar refractivity (Wildman–Crippen MR) is 106 cm³/mol. The van der Waals surface area contributed by atoms with E-state index in [0.29, 0.717) is 5.88 Å². The molecule has 6 heteroatoms. The van der Waals surface area contributed by atoms with E-state index in [2.05, 4.69) is 23.2 Å². The summed E-state index contributed by atoms with van der Waals surface area (Å²) in [6.45, 7) is 2.31. The molecular formula is C20H22FN3OS. The van der Waals surface area contributed by atoms with Crippen molar-refractivity contribution in [2.45, 2.75) is 18.4 Å². The summed E-state index contributed by atoms with van der Waals surface area (Å²) in [6.07, 6.45) is 3.44. The molecular weight excluding hydrogens is 349 g/mol. The Morgan fingerprint density at radius 2 is 2.15 bits per heavy atom. The van der Waals surface area contributed by atoms with Gasteiger partial charge in [-0.15, -0.1) is 11.8 Å². The minimum absolute atomic E-state index is 0.135. The molecule has 0 unspecified atom stereocenters. The van der Waals surface area contributed by atoms with E-state index in [9.17, 15) is 4.39 Å². The van der Waals surface area contributed by atoms with Gasteiger partial charge in [-0.2, -0.15) is 0 Å². The van der Waals surface area contributed by atoms with Gasteiger partial charge in [0, 0.05) is 28.8 Å². The number of thioether (sulfide) groups is 1. The first-order valence-electron chi connectivity index (χ1n) is 8.32. The summed E-state index contributed by atoms with van der Waals surface area (Å²) < 4.78 is 21.4. The van der Waals surface area contributed by atoms with Crippen LogP contribution in [-0.2, 0) is 6.54 Å². The fourth-order valence-electron chi connectivity index (χ4n) is 3.11. The van der Waals surface area contributed by atoms with Gasteiger partial charge in [-0.1, -0.05) is 12.1 Å². The number of nitrogens with zero attached hydrogens (tertiary/aromatic N) is 2. The van der Waals surface area contributed by atoms with Gasteiger partial charge in [0.15, 0.2) is 0 Å². The number of aromatic nitrogens is 2. The molecule has 3 rings (SSSR count). The molecule has 2 aromatic heterocycles. The lowest BCUT2D eigenvalue weighted by atomic mass is 10.1. The molecule has 0 atom stereocenters. The molecule has 0 spiro atoms. The van der Waals surface area contributed by atoms with Crippen molar-refractivity contribution in [1.29, 1.82) is 0 Å². The number of fused-ring (bicyclic) bond motifs is 1. The topological polar surface area (TPSA) is 53.1 Å². The van der Waals surface area contributed by atoms with Crippen LogP contribution in [0, 0.1) is 6.92 Å². The molecule has 4 nitrogen and oxygen atoms in total. The molecule has 0 bridgehead atoms. The summed E-state index contributed by atoms with van der Waals surface area (Å²) in [7, 11) is 1.59. The molecule has 0 aliphatic carbocycles. The standard InChI is InChI=1S/C20H22FN3OS/c1-13-19(14-5-4-6-16(11-14)26-3)20-17(7-8-18(23-20)25-2)24(13)12-15(21)9-10-22/h4-9,11H,10,12,22H2,1-3H3/b15-9-. The summed E-state index contributed by atoms with van der Waals surface area (Å²) >= 11 is 1.69. The Kier molecular flexibility index (Phi) is 5.64.